The van der Waals surface area contributed by atoms with Crippen molar-refractivity contribution in [2.24, 2.45) is 11.3 Å². The Kier molecular flexibility index (Phi) is 5.50. The summed E-state index contributed by atoms with van der Waals surface area (Å²) in [6.07, 6.45) is 2.33. The number of hydrogen-bond donors (Lipinski definition) is 1. The van der Waals surface area contributed by atoms with Gasteiger partial charge in [-0.1, -0.05) is 44.2 Å². The SMILES string of the molecule is CCOC(=O)c1ccc(C(Nc2nc3ccccc3cc2C)C2CC(C)(C)C2)cc1. The first-order valence-corrected chi connectivity index (χ1v) is 10.8. The fourth-order valence-corrected chi connectivity index (χ4v) is 4.62. The average molecular weight is 403 g/mol. The summed E-state index contributed by atoms with van der Waals surface area (Å²) in [4.78, 5) is 16.9. The molecule has 0 radical (unpaired) electrons. The molecule has 0 bridgehead atoms. The number of anilines is 1. The van der Waals surface area contributed by atoms with Crippen LogP contribution in [0.5, 0.6) is 0 Å². The highest BCUT2D eigenvalue weighted by Crippen LogP contribution is 2.51. The molecule has 1 unspecified atom stereocenters. The van der Waals surface area contributed by atoms with E-state index in [-0.39, 0.29) is 12.0 Å². The molecule has 1 atom stereocenters. The smallest absolute Gasteiger partial charge is 0.338 e. The number of nitrogens with zero attached hydrogens (tertiary/aromatic N) is 1. The molecule has 4 heteroatoms. The Bertz CT molecular complexity index is 1050. The fourth-order valence-electron chi connectivity index (χ4n) is 4.62. The van der Waals surface area contributed by atoms with Gasteiger partial charge >= 0.3 is 5.97 Å². The number of ether oxygens (including phenoxy) is 1. The first-order chi connectivity index (χ1) is 14.4. The largest absolute Gasteiger partial charge is 0.462 e. The monoisotopic (exact) mass is 402 g/mol. The van der Waals surface area contributed by atoms with Gasteiger partial charge in [0.15, 0.2) is 0 Å². The van der Waals surface area contributed by atoms with E-state index >= 15 is 0 Å². The lowest BCUT2D eigenvalue weighted by molar-refractivity contribution is 0.0526. The highest BCUT2D eigenvalue weighted by atomic mass is 16.5. The minimum Gasteiger partial charge on any atom is -0.462 e. The summed E-state index contributed by atoms with van der Waals surface area (Å²) in [5, 5.41) is 4.90. The summed E-state index contributed by atoms with van der Waals surface area (Å²) in [5.74, 6) is 1.18. The lowest BCUT2D eigenvalue weighted by Gasteiger charge is -2.47. The molecular formula is C26H30N2O2. The minimum absolute atomic E-state index is 0.154. The lowest BCUT2D eigenvalue weighted by atomic mass is 9.61. The van der Waals surface area contributed by atoms with Crippen molar-refractivity contribution in [2.75, 3.05) is 11.9 Å². The molecule has 156 valence electrons. The van der Waals surface area contributed by atoms with Crippen LogP contribution < -0.4 is 5.32 Å². The Morgan fingerprint density at radius 3 is 2.53 bits per heavy atom. The van der Waals surface area contributed by atoms with Crippen LogP contribution in [0.15, 0.2) is 54.6 Å². The van der Waals surface area contributed by atoms with Crippen LogP contribution in [-0.2, 0) is 4.74 Å². The molecule has 1 saturated carbocycles. The first-order valence-electron chi connectivity index (χ1n) is 10.8. The molecule has 3 aromatic rings. The molecule has 1 N–H and O–H groups in total. The molecule has 4 rings (SSSR count). The van der Waals surface area contributed by atoms with Crippen molar-refractivity contribution in [3.05, 3.63) is 71.3 Å². The maximum absolute atomic E-state index is 12.0. The molecule has 0 saturated heterocycles. The van der Waals surface area contributed by atoms with Gasteiger partial charge in [0.2, 0.25) is 0 Å². The number of aryl methyl sites for hydroxylation is 1. The van der Waals surface area contributed by atoms with Gasteiger partial charge in [-0.3, -0.25) is 0 Å². The molecule has 1 heterocycles. The normalized spacial score (nSPS) is 16.7. The summed E-state index contributed by atoms with van der Waals surface area (Å²) < 4.78 is 5.12. The van der Waals surface area contributed by atoms with E-state index in [0.29, 0.717) is 23.5 Å². The van der Waals surface area contributed by atoms with Crippen molar-refractivity contribution in [2.45, 2.75) is 46.6 Å². The second-order valence-corrected chi connectivity index (χ2v) is 9.14. The van der Waals surface area contributed by atoms with Crippen LogP contribution in [0.1, 0.15) is 61.1 Å². The molecule has 1 fully saturated rings. The van der Waals surface area contributed by atoms with Crippen LogP contribution in [0.4, 0.5) is 5.82 Å². The van der Waals surface area contributed by atoms with Crippen LogP contribution in [0, 0.1) is 18.3 Å². The van der Waals surface area contributed by atoms with E-state index in [1.807, 2.05) is 43.3 Å². The molecule has 0 spiro atoms. The summed E-state index contributed by atoms with van der Waals surface area (Å²) in [5.41, 5.74) is 4.28. The van der Waals surface area contributed by atoms with Crippen molar-refractivity contribution in [3.8, 4) is 0 Å². The minimum atomic E-state index is -0.273. The van der Waals surface area contributed by atoms with Crippen LogP contribution in [0.25, 0.3) is 10.9 Å². The van der Waals surface area contributed by atoms with Crippen molar-refractivity contribution >= 4 is 22.7 Å². The van der Waals surface area contributed by atoms with E-state index in [1.165, 1.54) is 5.56 Å². The third kappa shape index (κ3) is 4.18. The van der Waals surface area contributed by atoms with Crippen molar-refractivity contribution < 1.29 is 9.53 Å². The van der Waals surface area contributed by atoms with Gasteiger partial charge < -0.3 is 10.1 Å². The number of nitrogens with one attached hydrogen (secondary N) is 1. The standard InChI is InChI=1S/C26H30N2O2/c1-5-30-25(29)19-12-10-18(11-13-19)23(21-15-26(3,4)16-21)28-24-17(2)14-20-8-6-7-9-22(20)27-24/h6-14,21,23H,5,15-16H2,1-4H3,(H,27,28). The van der Waals surface area contributed by atoms with Gasteiger partial charge in [-0.2, -0.15) is 0 Å². The van der Waals surface area contributed by atoms with E-state index in [1.54, 1.807) is 0 Å². The maximum Gasteiger partial charge on any atom is 0.338 e. The van der Waals surface area contributed by atoms with Crippen molar-refractivity contribution in [1.82, 2.24) is 4.98 Å². The third-order valence-corrected chi connectivity index (χ3v) is 6.09. The van der Waals surface area contributed by atoms with Gasteiger partial charge in [0.1, 0.15) is 5.82 Å². The van der Waals surface area contributed by atoms with Gasteiger partial charge in [0, 0.05) is 5.39 Å². The predicted molar refractivity (Wildman–Crippen MR) is 122 cm³/mol. The molecule has 1 aliphatic carbocycles. The average Bonchev–Trinajstić information content (AvgIpc) is 2.71. The number of carbonyl (C=O) groups is 1. The molecular weight excluding hydrogens is 372 g/mol. The van der Waals surface area contributed by atoms with Crippen molar-refractivity contribution in [1.29, 1.82) is 0 Å². The second-order valence-electron chi connectivity index (χ2n) is 9.14. The number of pyridine rings is 1. The molecule has 1 aliphatic rings. The molecule has 1 aromatic heterocycles. The van der Waals surface area contributed by atoms with Crippen molar-refractivity contribution in [3.63, 3.8) is 0 Å². The zero-order valence-electron chi connectivity index (χ0n) is 18.2. The molecule has 2 aromatic carbocycles. The molecule has 0 amide bonds. The number of esters is 1. The highest BCUT2D eigenvalue weighted by Gasteiger charge is 2.41. The number of aromatic nitrogens is 1. The first kappa shape index (κ1) is 20.4. The summed E-state index contributed by atoms with van der Waals surface area (Å²) in [6.45, 7) is 8.96. The van der Waals surface area contributed by atoms with Gasteiger partial charge in [-0.15, -0.1) is 0 Å². The van der Waals surface area contributed by atoms with Crippen LogP contribution in [0.2, 0.25) is 0 Å². The Morgan fingerprint density at radius 1 is 1.17 bits per heavy atom. The number of para-hydroxylation sites is 1. The third-order valence-electron chi connectivity index (χ3n) is 6.09. The number of hydrogen-bond acceptors (Lipinski definition) is 4. The second kappa shape index (κ2) is 8.10. The number of benzene rings is 2. The van der Waals surface area contributed by atoms with E-state index in [2.05, 4.69) is 44.3 Å². The zero-order valence-corrected chi connectivity index (χ0v) is 18.2. The number of carbonyl (C=O) groups excluding carboxylic acids is 1. The van der Waals surface area contributed by atoms with Crippen LogP contribution in [-0.4, -0.2) is 17.6 Å². The highest BCUT2D eigenvalue weighted by molar-refractivity contribution is 5.89. The molecule has 30 heavy (non-hydrogen) atoms. The number of fused-ring (bicyclic) bond motifs is 1. The maximum atomic E-state index is 12.0. The lowest BCUT2D eigenvalue weighted by Crippen LogP contribution is -2.38. The Labute approximate surface area is 178 Å². The van der Waals surface area contributed by atoms with Crippen LogP contribution in [0.3, 0.4) is 0 Å². The Balaban J connectivity index is 1.64. The number of rotatable bonds is 6. The quantitative estimate of drug-likeness (QED) is 0.491. The van der Waals surface area contributed by atoms with E-state index in [9.17, 15) is 4.79 Å². The summed E-state index contributed by atoms with van der Waals surface area (Å²) >= 11 is 0. The Hall–Kier alpha value is -2.88. The fraction of sp³-hybridized carbons (Fsp3) is 0.385. The summed E-state index contributed by atoms with van der Waals surface area (Å²) in [7, 11) is 0. The van der Waals surface area contributed by atoms with Gasteiger partial charge in [-0.25, -0.2) is 9.78 Å². The van der Waals surface area contributed by atoms with Crippen LogP contribution >= 0.6 is 0 Å². The topological polar surface area (TPSA) is 51.2 Å². The zero-order chi connectivity index (χ0) is 21.3. The van der Waals surface area contributed by atoms with E-state index < -0.39 is 0 Å². The van der Waals surface area contributed by atoms with Gasteiger partial charge in [0.05, 0.1) is 23.7 Å². The molecule has 4 nitrogen and oxygen atoms in total. The van der Waals surface area contributed by atoms with Gasteiger partial charge in [0.25, 0.3) is 0 Å². The Morgan fingerprint density at radius 2 is 1.87 bits per heavy atom. The summed E-state index contributed by atoms with van der Waals surface area (Å²) in [6, 6.07) is 18.4. The van der Waals surface area contributed by atoms with E-state index in [4.69, 9.17) is 9.72 Å². The van der Waals surface area contributed by atoms with Gasteiger partial charge in [-0.05, 0) is 73.4 Å². The van der Waals surface area contributed by atoms with E-state index in [0.717, 1.165) is 35.1 Å². The molecule has 0 aliphatic heterocycles. The predicted octanol–water partition coefficient (Wildman–Crippen LogP) is 6.31.